The van der Waals surface area contributed by atoms with Gasteiger partial charge in [-0.05, 0) is 99.9 Å². The molecule has 0 amide bonds. The number of hydrogen-bond acceptors (Lipinski definition) is 1. The highest BCUT2D eigenvalue weighted by molar-refractivity contribution is 5.35. The molecule has 29 heavy (non-hydrogen) atoms. The van der Waals surface area contributed by atoms with Crippen molar-refractivity contribution in [2.45, 2.75) is 111 Å². The highest BCUT2D eigenvalue weighted by Gasteiger charge is 2.46. The second-order valence-corrected chi connectivity index (χ2v) is 11.5. The minimum atomic E-state index is -0.332. The normalized spacial score (nSPS) is 35.3. The van der Waals surface area contributed by atoms with E-state index in [1.807, 2.05) is 0 Å². The fourth-order valence-electron chi connectivity index (χ4n) is 6.15. The first-order valence-electron chi connectivity index (χ1n) is 12.0. The zero-order valence-corrected chi connectivity index (χ0v) is 19.7. The van der Waals surface area contributed by atoms with Gasteiger partial charge in [0.25, 0.3) is 0 Å². The quantitative estimate of drug-likeness (QED) is 0.476. The Morgan fingerprint density at radius 2 is 1.93 bits per heavy atom. The minimum Gasteiger partial charge on any atom is -0.388 e. The fraction of sp³-hybridized carbons (Fsp3) is 0.714. The van der Waals surface area contributed by atoms with Crippen molar-refractivity contribution in [2.24, 2.45) is 16.7 Å². The third-order valence-electron chi connectivity index (χ3n) is 7.97. The summed E-state index contributed by atoms with van der Waals surface area (Å²) in [5, 5.41) is 10.1. The summed E-state index contributed by atoms with van der Waals surface area (Å²) < 4.78 is 0. The Hall–Kier alpha value is -1.08. The van der Waals surface area contributed by atoms with E-state index in [9.17, 15) is 5.11 Å². The third kappa shape index (κ3) is 5.35. The molecule has 0 aromatic rings. The summed E-state index contributed by atoms with van der Waals surface area (Å²) in [6, 6.07) is 0. The molecule has 3 atom stereocenters. The second-order valence-electron chi connectivity index (χ2n) is 11.5. The van der Waals surface area contributed by atoms with Crippen LogP contribution >= 0.6 is 0 Å². The Labute approximate surface area is 180 Å². The van der Waals surface area contributed by atoms with Gasteiger partial charge in [-0.1, -0.05) is 68.7 Å². The molecule has 0 aromatic heterocycles. The summed E-state index contributed by atoms with van der Waals surface area (Å²) in [4.78, 5) is 0. The van der Waals surface area contributed by atoms with Gasteiger partial charge in [0.05, 0.1) is 6.10 Å². The van der Waals surface area contributed by atoms with Crippen LogP contribution in [0.15, 0.2) is 46.6 Å². The summed E-state index contributed by atoms with van der Waals surface area (Å²) in [6.07, 6.45) is 17.7. The Bertz CT molecular complexity index is 711. The summed E-state index contributed by atoms with van der Waals surface area (Å²) in [5.41, 5.74) is 8.38. The first kappa shape index (κ1) is 22.6. The van der Waals surface area contributed by atoms with E-state index in [4.69, 9.17) is 0 Å². The number of allylic oxidation sites excluding steroid dienone is 5. The number of hydrogen-bond donors (Lipinski definition) is 1. The van der Waals surface area contributed by atoms with E-state index in [-0.39, 0.29) is 6.10 Å². The van der Waals surface area contributed by atoms with Crippen molar-refractivity contribution in [2.75, 3.05) is 0 Å². The number of fused-ring (bicyclic) bond motifs is 1. The van der Waals surface area contributed by atoms with E-state index in [0.717, 1.165) is 30.8 Å². The van der Waals surface area contributed by atoms with Crippen LogP contribution in [0.3, 0.4) is 0 Å². The predicted octanol–water partition coefficient (Wildman–Crippen LogP) is 8.07. The van der Waals surface area contributed by atoms with Crippen molar-refractivity contribution in [1.82, 2.24) is 0 Å². The summed E-state index contributed by atoms with van der Waals surface area (Å²) >= 11 is 0. The zero-order chi connectivity index (χ0) is 21.2. The van der Waals surface area contributed by atoms with Crippen molar-refractivity contribution in [1.29, 1.82) is 0 Å². The monoisotopic (exact) mass is 396 g/mol. The van der Waals surface area contributed by atoms with Gasteiger partial charge in [0, 0.05) is 0 Å². The first-order chi connectivity index (χ1) is 13.6. The molecule has 3 fully saturated rings. The molecule has 1 N–H and O–H groups in total. The van der Waals surface area contributed by atoms with Crippen molar-refractivity contribution >= 4 is 0 Å². The predicted molar refractivity (Wildman–Crippen MR) is 126 cm³/mol. The molecule has 0 aromatic carbocycles. The van der Waals surface area contributed by atoms with Crippen LogP contribution in [0, 0.1) is 16.7 Å². The van der Waals surface area contributed by atoms with Gasteiger partial charge < -0.3 is 5.11 Å². The topological polar surface area (TPSA) is 20.2 Å². The van der Waals surface area contributed by atoms with Crippen molar-refractivity contribution in [3.63, 3.8) is 0 Å². The van der Waals surface area contributed by atoms with Crippen LogP contribution in [0.5, 0.6) is 0 Å². The van der Waals surface area contributed by atoms with Gasteiger partial charge in [0.15, 0.2) is 0 Å². The average molecular weight is 397 g/mol. The standard InChI is InChI=1S/C28H44O/c1-20(9-7-17-27(3,4)5)24-15-16-25-23(10-8-18-28(24,25)6)14-13-22-12-11-21(2)26(29)19-22/h13-14,25-26,29H,2,7-12,15-19H2,1,3-6H3/b22-13-,23-14+,24-20+. The Morgan fingerprint density at radius 3 is 2.62 bits per heavy atom. The fourth-order valence-corrected chi connectivity index (χ4v) is 6.15. The number of aliphatic hydroxyl groups excluding tert-OH is 1. The smallest absolute Gasteiger partial charge is 0.0784 e. The molecule has 0 radical (unpaired) electrons. The van der Waals surface area contributed by atoms with Gasteiger partial charge in [-0.15, -0.1) is 0 Å². The van der Waals surface area contributed by atoms with Gasteiger partial charge in [-0.25, -0.2) is 0 Å². The average Bonchev–Trinajstić information content (AvgIpc) is 2.99. The van der Waals surface area contributed by atoms with Crippen LogP contribution in [-0.4, -0.2) is 11.2 Å². The van der Waals surface area contributed by atoms with E-state index in [1.165, 1.54) is 56.9 Å². The van der Waals surface area contributed by atoms with Crippen LogP contribution in [0.25, 0.3) is 0 Å². The molecule has 0 bridgehead atoms. The maximum atomic E-state index is 10.1. The van der Waals surface area contributed by atoms with E-state index in [0.29, 0.717) is 10.8 Å². The summed E-state index contributed by atoms with van der Waals surface area (Å²) in [7, 11) is 0. The molecule has 0 heterocycles. The molecule has 0 aliphatic heterocycles. The van der Waals surface area contributed by atoms with E-state index in [2.05, 4.69) is 53.3 Å². The summed E-state index contributed by atoms with van der Waals surface area (Å²) in [5.74, 6) is 0.726. The number of rotatable bonds is 4. The number of aliphatic hydroxyl groups is 1. The Balaban J connectivity index is 1.72. The lowest BCUT2D eigenvalue weighted by molar-refractivity contribution is 0.197. The van der Waals surface area contributed by atoms with E-state index in [1.54, 1.807) is 16.7 Å². The third-order valence-corrected chi connectivity index (χ3v) is 7.97. The van der Waals surface area contributed by atoms with Gasteiger partial charge in [-0.2, -0.15) is 0 Å². The van der Waals surface area contributed by atoms with Crippen LogP contribution < -0.4 is 0 Å². The van der Waals surface area contributed by atoms with E-state index < -0.39 is 0 Å². The van der Waals surface area contributed by atoms with Crippen LogP contribution in [0.2, 0.25) is 0 Å². The molecular weight excluding hydrogens is 352 g/mol. The van der Waals surface area contributed by atoms with Gasteiger partial charge in [0.2, 0.25) is 0 Å². The highest BCUT2D eigenvalue weighted by Crippen LogP contribution is 2.58. The molecule has 3 saturated carbocycles. The SMILES string of the molecule is C=C1CC/C(=C/C=C2\CCCC3(C)/C(=C(\C)CCCC(C)(C)C)CCC23)CC1O. The zero-order valence-electron chi connectivity index (χ0n) is 19.7. The maximum Gasteiger partial charge on any atom is 0.0784 e. The minimum absolute atomic E-state index is 0.332. The lowest BCUT2D eigenvalue weighted by atomic mass is 9.64. The van der Waals surface area contributed by atoms with E-state index >= 15 is 0 Å². The lowest BCUT2D eigenvalue weighted by Gasteiger charge is -2.40. The van der Waals surface area contributed by atoms with Gasteiger partial charge in [0.1, 0.15) is 0 Å². The lowest BCUT2D eigenvalue weighted by Crippen LogP contribution is -2.29. The Morgan fingerprint density at radius 1 is 1.17 bits per heavy atom. The molecular formula is C28H44O. The second kappa shape index (κ2) is 8.96. The molecule has 0 saturated heterocycles. The first-order valence-corrected chi connectivity index (χ1v) is 12.0. The van der Waals surface area contributed by atoms with Gasteiger partial charge >= 0.3 is 0 Å². The Kier molecular flexibility index (Phi) is 6.99. The largest absolute Gasteiger partial charge is 0.388 e. The van der Waals surface area contributed by atoms with Gasteiger partial charge in [-0.3, -0.25) is 0 Å². The molecule has 162 valence electrons. The molecule has 3 aliphatic rings. The highest BCUT2D eigenvalue weighted by atomic mass is 16.3. The van der Waals surface area contributed by atoms with Crippen LogP contribution in [0.1, 0.15) is 105 Å². The molecule has 3 aliphatic carbocycles. The van der Waals surface area contributed by atoms with Crippen LogP contribution in [-0.2, 0) is 0 Å². The molecule has 0 spiro atoms. The molecule has 1 heteroatoms. The van der Waals surface area contributed by atoms with Crippen LogP contribution in [0.4, 0.5) is 0 Å². The van der Waals surface area contributed by atoms with Crippen molar-refractivity contribution in [3.05, 3.63) is 46.6 Å². The molecule has 1 nitrogen and oxygen atoms in total. The van der Waals surface area contributed by atoms with Crippen molar-refractivity contribution < 1.29 is 5.11 Å². The molecule has 3 rings (SSSR count). The maximum absolute atomic E-state index is 10.1. The molecule has 3 unspecified atom stereocenters. The summed E-state index contributed by atoms with van der Waals surface area (Å²) in [6.45, 7) is 16.0. The van der Waals surface area contributed by atoms with Crippen molar-refractivity contribution in [3.8, 4) is 0 Å².